The quantitative estimate of drug-likeness (QED) is 0.664. The molecule has 4 nitrogen and oxygen atoms in total. The highest BCUT2D eigenvalue weighted by Gasteiger charge is 2.33. The van der Waals surface area contributed by atoms with Crippen LogP contribution < -0.4 is 5.32 Å². The third-order valence-electron chi connectivity index (χ3n) is 3.33. The van der Waals surface area contributed by atoms with E-state index in [-0.39, 0.29) is 17.4 Å². The van der Waals surface area contributed by atoms with Gasteiger partial charge in [0.05, 0.1) is 11.4 Å². The summed E-state index contributed by atoms with van der Waals surface area (Å²) in [4.78, 5) is 0. The van der Waals surface area contributed by atoms with Crippen LogP contribution in [0, 0.1) is 0 Å². The summed E-state index contributed by atoms with van der Waals surface area (Å²) in [6, 6.07) is 0.0807. The first-order chi connectivity index (χ1) is 8.29. The van der Waals surface area contributed by atoms with Gasteiger partial charge in [0, 0.05) is 18.9 Å². The van der Waals surface area contributed by atoms with Crippen molar-refractivity contribution in [2.45, 2.75) is 58.6 Å². The number of rotatable bonds is 10. The van der Waals surface area contributed by atoms with Crippen LogP contribution in [0.2, 0.25) is 0 Å². The van der Waals surface area contributed by atoms with Crippen LogP contribution in [0.5, 0.6) is 0 Å². The molecule has 18 heavy (non-hydrogen) atoms. The molecule has 0 aromatic carbocycles. The second-order valence-electron chi connectivity index (χ2n) is 5.02. The van der Waals surface area contributed by atoms with Crippen LogP contribution in [0.25, 0.3) is 0 Å². The lowest BCUT2D eigenvalue weighted by atomic mass is 9.91. The number of sulfone groups is 1. The average molecular weight is 279 g/mol. The molecule has 0 bridgehead atoms. The van der Waals surface area contributed by atoms with Crippen molar-refractivity contribution < 1.29 is 13.2 Å². The normalized spacial score (nSPS) is 17.4. The lowest BCUT2D eigenvalue weighted by Gasteiger charge is -2.37. The van der Waals surface area contributed by atoms with Crippen LogP contribution >= 0.6 is 0 Å². The molecule has 2 atom stereocenters. The van der Waals surface area contributed by atoms with E-state index in [0.29, 0.717) is 13.0 Å². The maximum atomic E-state index is 11.3. The van der Waals surface area contributed by atoms with Crippen molar-refractivity contribution in [3.05, 3.63) is 0 Å². The fourth-order valence-corrected chi connectivity index (χ4v) is 2.72. The smallest absolute Gasteiger partial charge is 0.147 e. The molecule has 0 saturated heterocycles. The van der Waals surface area contributed by atoms with E-state index >= 15 is 0 Å². The molecule has 0 aliphatic carbocycles. The molecule has 0 spiro atoms. The number of hydrogen-bond acceptors (Lipinski definition) is 4. The van der Waals surface area contributed by atoms with Crippen molar-refractivity contribution >= 4 is 9.84 Å². The summed E-state index contributed by atoms with van der Waals surface area (Å²) in [5.74, 6) is 0.205. The standard InChI is InChI=1S/C13H29NO3S/c1-6-10-14-12(9-11-18(5,15)16)13(4,7-2)17-8-3/h12,14H,6-11H2,1-5H3. The Bertz CT molecular complexity index is 316. The van der Waals surface area contributed by atoms with Gasteiger partial charge in [0.25, 0.3) is 0 Å². The average Bonchev–Trinajstić information content (AvgIpc) is 2.27. The largest absolute Gasteiger partial charge is 0.374 e. The lowest BCUT2D eigenvalue weighted by molar-refractivity contribution is -0.0556. The zero-order valence-electron chi connectivity index (χ0n) is 12.5. The molecule has 5 heteroatoms. The van der Waals surface area contributed by atoms with Crippen molar-refractivity contribution in [1.29, 1.82) is 0 Å². The Morgan fingerprint density at radius 1 is 1.28 bits per heavy atom. The van der Waals surface area contributed by atoms with E-state index in [0.717, 1.165) is 19.4 Å². The van der Waals surface area contributed by atoms with Crippen LogP contribution in [0.3, 0.4) is 0 Å². The second kappa shape index (κ2) is 8.12. The zero-order valence-corrected chi connectivity index (χ0v) is 13.3. The Balaban J connectivity index is 4.72. The van der Waals surface area contributed by atoms with Crippen molar-refractivity contribution in [2.75, 3.05) is 25.2 Å². The van der Waals surface area contributed by atoms with Crippen LogP contribution in [0.15, 0.2) is 0 Å². The molecular formula is C13H29NO3S. The molecular weight excluding hydrogens is 250 g/mol. The van der Waals surface area contributed by atoms with Gasteiger partial charge in [-0.05, 0) is 39.7 Å². The maximum Gasteiger partial charge on any atom is 0.147 e. The van der Waals surface area contributed by atoms with Crippen molar-refractivity contribution in [3.8, 4) is 0 Å². The zero-order chi connectivity index (χ0) is 14.2. The Hall–Kier alpha value is -0.130. The Morgan fingerprint density at radius 2 is 1.89 bits per heavy atom. The summed E-state index contributed by atoms with van der Waals surface area (Å²) in [5.41, 5.74) is -0.297. The topological polar surface area (TPSA) is 55.4 Å². The van der Waals surface area contributed by atoms with Gasteiger partial charge in [-0.25, -0.2) is 8.42 Å². The van der Waals surface area contributed by atoms with E-state index in [1.807, 2.05) is 6.92 Å². The highest BCUT2D eigenvalue weighted by atomic mass is 32.2. The van der Waals surface area contributed by atoms with E-state index in [1.165, 1.54) is 6.26 Å². The highest BCUT2D eigenvalue weighted by Crippen LogP contribution is 2.23. The summed E-state index contributed by atoms with van der Waals surface area (Å²) < 4.78 is 28.5. The van der Waals surface area contributed by atoms with E-state index < -0.39 is 9.84 Å². The summed E-state index contributed by atoms with van der Waals surface area (Å²) in [5, 5.41) is 3.43. The molecule has 0 aliphatic heterocycles. The molecule has 0 aliphatic rings. The minimum atomic E-state index is -2.92. The molecule has 1 N–H and O–H groups in total. The second-order valence-corrected chi connectivity index (χ2v) is 7.28. The van der Waals surface area contributed by atoms with Gasteiger partial charge in [0.2, 0.25) is 0 Å². The summed E-state index contributed by atoms with van der Waals surface area (Å²) in [7, 11) is -2.92. The monoisotopic (exact) mass is 279 g/mol. The molecule has 0 heterocycles. The molecule has 0 aromatic rings. The van der Waals surface area contributed by atoms with E-state index in [1.54, 1.807) is 0 Å². The van der Waals surface area contributed by atoms with E-state index in [2.05, 4.69) is 26.1 Å². The first-order valence-electron chi connectivity index (χ1n) is 6.84. The number of ether oxygens (including phenoxy) is 1. The molecule has 2 unspecified atom stereocenters. The molecule has 0 radical (unpaired) electrons. The van der Waals surface area contributed by atoms with Crippen molar-refractivity contribution in [1.82, 2.24) is 5.32 Å². The van der Waals surface area contributed by atoms with Gasteiger partial charge in [-0.15, -0.1) is 0 Å². The third-order valence-corrected chi connectivity index (χ3v) is 4.31. The molecule has 0 amide bonds. The third kappa shape index (κ3) is 6.71. The molecule has 110 valence electrons. The predicted molar refractivity (Wildman–Crippen MR) is 76.7 cm³/mol. The van der Waals surface area contributed by atoms with Crippen LogP contribution in [0.1, 0.15) is 47.0 Å². The summed E-state index contributed by atoms with van der Waals surface area (Å²) >= 11 is 0. The Labute approximate surface area is 112 Å². The number of nitrogens with one attached hydrogen (secondary N) is 1. The first kappa shape index (κ1) is 17.9. The molecule has 0 saturated carbocycles. The van der Waals surface area contributed by atoms with Gasteiger partial charge in [-0.3, -0.25) is 0 Å². The van der Waals surface area contributed by atoms with Gasteiger partial charge in [0.15, 0.2) is 0 Å². The molecule has 0 fully saturated rings. The molecule has 0 aromatic heterocycles. The highest BCUT2D eigenvalue weighted by molar-refractivity contribution is 7.90. The van der Waals surface area contributed by atoms with Crippen LogP contribution in [-0.4, -0.2) is 45.2 Å². The van der Waals surface area contributed by atoms with Crippen molar-refractivity contribution in [3.63, 3.8) is 0 Å². The van der Waals surface area contributed by atoms with Gasteiger partial charge in [-0.2, -0.15) is 0 Å². The Morgan fingerprint density at radius 3 is 2.28 bits per heavy atom. The minimum absolute atomic E-state index is 0.0807. The van der Waals surface area contributed by atoms with Crippen LogP contribution in [-0.2, 0) is 14.6 Å². The maximum absolute atomic E-state index is 11.3. The van der Waals surface area contributed by atoms with Crippen LogP contribution in [0.4, 0.5) is 0 Å². The van der Waals surface area contributed by atoms with Gasteiger partial charge >= 0.3 is 0 Å². The fourth-order valence-electron chi connectivity index (χ4n) is 2.05. The van der Waals surface area contributed by atoms with Gasteiger partial charge in [0.1, 0.15) is 9.84 Å². The lowest BCUT2D eigenvalue weighted by Crippen LogP contribution is -2.51. The molecule has 0 rings (SSSR count). The number of hydrogen-bond donors (Lipinski definition) is 1. The van der Waals surface area contributed by atoms with E-state index in [4.69, 9.17) is 4.74 Å². The predicted octanol–water partition coefficient (Wildman–Crippen LogP) is 1.99. The fraction of sp³-hybridized carbons (Fsp3) is 1.00. The van der Waals surface area contributed by atoms with Gasteiger partial charge < -0.3 is 10.1 Å². The SMILES string of the molecule is CCCNC(CCS(C)(=O)=O)C(C)(CC)OCC. The summed E-state index contributed by atoms with van der Waals surface area (Å²) in [6.07, 6.45) is 3.78. The minimum Gasteiger partial charge on any atom is -0.374 e. The summed E-state index contributed by atoms with van der Waals surface area (Å²) in [6.45, 7) is 9.75. The van der Waals surface area contributed by atoms with E-state index in [9.17, 15) is 8.42 Å². The first-order valence-corrected chi connectivity index (χ1v) is 8.90. The Kier molecular flexibility index (Phi) is 8.06. The van der Waals surface area contributed by atoms with Gasteiger partial charge in [-0.1, -0.05) is 13.8 Å². The van der Waals surface area contributed by atoms with Crippen molar-refractivity contribution in [2.24, 2.45) is 0 Å².